The molecule has 0 radical (unpaired) electrons. The number of nitrogens with one attached hydrogen (secondary N) is 1. The van der Waals surface area contributed by atoms with E-state index in [4.69, 9.17) is 5.26 Å². The van der Waals surface area contributed by atoms with Crippen molar-refractivity contribution < 1.29 is 4.79 Å². The van der Waals surface area contributed by atoms with Gasteiger partial charge in [0.25, 0.3) is 0 Å². The van der Waals surface area contributed by atoms with Crippen molar-refractivity contribution in [3.63, 3.8) is 0 Å². The summed E-state index contributed by atoms with van der Waals surface area (Å²) in [6, 6.07) is 2.13. The van der Waals surface area contributed by atoms with Crippen molar-refractivity contribution in [1.82, 2.24) is 10.2 Å². The molecule has 0 fully saturated rings. The summed E-state index contributed by atoms with van der Waals surface area (Å²) in [7, 11) is 1.78. The number of rotatable bonds is 6. The zero-order valence-electron chi connectivity index (χ0n) is 10.1. The van der Waals surface area contributed by atoms with Crippen molar-refractivity contribution in [3.8, 4) is 6.07 Å². The van der Waals surface area contributed by atoms with Gasteiger partial charge in [0.15, 0.2) is 0 Å². The molecular formula is C11H21N3O. The molecular weight excluding hydrogens is 190 g/mol. The number of carbonyl (C=O) groups excluding carboxylic acids is 1. The standard InChI is InChI=1S/C11H21N3O/c1-5-10(6-2)13-11(15)8-14(4)9(3)7-12/h9-10H,5-6,8H2,1-4H3,(H,13,15). The smallest absolute Gasteiger partial charge is 0.234 e. The van der Waals surface area contributed by atoms with Gasteiger partial charge in [-0.2, -0.15) is 5.26 Å². The van der Waals surface area contributed by atoms with Crippen molar-refractivity contribution in [2.24, 2.45) is 0 Å². The van der Waals surface area contributed by atoms with Crippen LogP contribution in [0.25, 0.3) is 0 Å². The third-order valence-corrected chi connectivity index (χ3v) is 2.59. The van der Waals surface area contributed by atoms with Gasteiger partial charge in [0.05, 0.1) is 18.7 Å². The fourth-order valence-electron chi connectivity index (χ4n) is 1.23. The predicted molar refractivity (Wildman–Crippen MR) is 60.2 cm³/mol. The molecule has 0 aliphatic heterocycles. The Bertz CT molecular complexity index is 230. The van der Waals surface area contributed by atoms with Crippen LogP contribution in [0.4, 0.5) is 0 Å². The summed E-state index contributed by atoms with van der Waals surface area (Å²) in [6.45, 7) is 6.17. The maximum absolute atomic E-state index is 11.5. The third-order valence-electron chi connectivity index (χ3n) is 2.59. The van der Waals surface area contributed by atoms with Gasteiger partial charge >= 0.3 is 0 Å². The van der Waals surface area contributed by atoms with Crippen LogP contribution >= 0.6 is 0 Å². The molecule has 4 heteroatoms. The first-order chi connectivity index (χ1) is 7.04. The number of likely N-dealkylation sites (N-methyl/N-ethyl adjacent to an activating group) is 1. The van der Waals surface area contributed by atoms with Crippen molar-refractivity contribution in [1.29, 1.82) is 5.26 Å². The molecule has 1 atom stereocenters. The summed E-state index contributed by atoms with van der Waals surface area (Å²) in [5.41, 5.74) is 0. The minimum absolute atomic E-state index is 0.00620. The maximum atomic E-state index is 11.5. The van der Waals surface area contributed by atoms with Crippen molar-refractivity contribution in [3.05, 3.63) is 0 Å². The van der Waals surface area contributed by atoms with Gasteiger partial charge in [0.2, 0.25) is 5.91 Å². The Morgan fingerprint density at radius 2 is 2.00 bits per heavy atom. The van der Waals surface area contributed by atoms with Crippen LogP contribution in [0.15, 0.2) is 0 Å². The third kappa shape index (κ3) is 5.38. The Hall–Kier alpha value is -1.08. The molecule has 4 nitrogen and oxygen atoms in total. The van der Waals surface area contributed by atoms with E-state index in [0.29, 0.717) is 0 Å². The molecule has 0 spiro atoms. The maximum Gasteiger partial charge on any atom is 0.234 e. The van der Waals surface area contributed by atoms with Gasteiger partial charge < -0.3 is 5.32 Å². The largest absolute Gasteiger partial charge is 0.352 e. The monoisotopic (exact) mass is 211 g/mol. The highest BCUT2D eigenvalue weighted by molar-refractivity contribution is 5.78. The van der Waals surface area contributed by atoms with Crippen LogP contribution < -0.4 is 5.32 Å². The second-order valence-electron chi connectivity index (χ2n) is 3.80. The molecule has 0 aromatic heterocycles. The second kappa shape index (κ2) is 7.24. The van der Waals surface area contributed by atoms with Crippen molar-refractivity contribution >= 4 is 5.91 Å². The average molecular weight is 211 g/mol. The molecule has 0 aromatic carbocycles. The van der Waals surface area contributed by atoms with E-state index in [1.54, 1.807) is 18.9 Å². The van der Waals surface area contributed by atoms with Crippen LogP contribution in [-0.4, -0.2) is 36.5 Å². The fourth-order valence-corrected chi connectivity index (χ4v) is 1.23. The number of nitrogens with zero attached hydrogens (tertiary/aromatic N) is 2. The van der Waals surface area contributed by atoms with E-state index in [9.17, 15) is 4.79 Å². The normalized spacial score (nSPS) is 12.6. The van der Waals surface area contributed by atoms with Gasteiger partial charge in [0, 0.05) is 6.04 Å². The van der Waals surface area contributed by atoms with Crippen LogP contribution in [0.1, 0.15) is 33.6 Å². The lowest BCUT2D eigenvalue weighted by Crippen LogP contribution is -2.42. The Labute approximate surface area is 92.3 Å². The Morgan fingerprint density at radius 3 is 2.40 bits per heavy atom. The lowest BCUT2D eigenvalue weighted by atomic mass is 10.2. The highest BCUT2D eigenvalue weighted by Gasteiger charge is 2.14. The van der Waals surface area contributed by atoms with Crippen LogP contribution in [0.2, 0.25) is 0 Å². The molecule has 0 saturated carbocycles. The van der Waals surface area contributed by atoms with Crippen LogP contribution in [-0.2, 0) is 4.79 Å². The molecule has 0 bridgehead atoms. The van der Waals surface area contributed by atoms with Crippen molar-refractivity contribution in [2.45, 2.75) is 45.7 Å². The van der Waals surface area contributed by atoms with E-state index in [2.05, 4.69) is 25.2 Å². The number of nitriles is 1. The number of carbonyl (C=O) groups is 1. The molecule has 1 unspecified atom stereocenters. The van der Waals surface area contributed by atoms with E-state index in [1.807, 2.05) is 0 Å². The zero-order chi connectivity index (χ0) is 11.8. The van der Waals surface area contributed by atoms with E-state index in [0.717, 1.165) is 12.8 Å². The molecule has 1 N–H and O–H groups in total. The quantitative estimate of drug-likeness (QED) is 0.716. The molecule has 0 heterocycles. The molecule has 0 rings (SSSR count). The van der Waals surface area contributed by atoms with Gasteiger partial charge in [-0.05, 0) is 26.8 Å². The van der Waals surface area contributed by atoms with E-state index in [1.165, 1.54) is 0 Å². The number of hydrogen-bond donors (Lipinski definition) is 1. The van der Waals surface area contributed by atoms with Gasteiger partial charge in [-0.15, -0.1) is 0 Å². The molecule has 1 amide bonds. The van der Waals surface area contributed by atoms with Crippen LogP contribution in [0, 0.1) is 11.3 Å². The second-order valence-corrected chi connectivity index (χ2v) is 3.80. The number of hydrogen-bond acceptors (Lipinski definition) is 3. The summed E-state index contributed by atoms with van der Waals surface area (Å²) < 4.78 is 0. The number of amides is 1. The first-order valence-electron chi connectivity index (χ1n) is 5.44. The summed E-state index contributed by atoms with van der Waals surface area (Å²) >= 11 is 0. The first kappa shape index (κ1) is 13.9. The summed E-state index contributed by atoms with van der Waals surface area (Å²) in [6.07, 6.45) is 1.89. The van der Waals surface area contributed by atoms with Crippen LogP contribution in [0.3, 0.4) is 0 Å². The Kier molecular flexibility index (Phi) is 6.72. The SMILES string of the molecule is CCC(CC)NC(=O)CN(C)C(C)C#N. The molecule has 15 heavy (non-hydrogen) atoms. The Morgan fingerprint density at radius 1 is 1.47 bits per heavy atom. The Balaban J connectivity index is 3.98. The lowest BCUT2D eigenvalue weighted by molar-refractivity contribution is -0.122. The topological polar surface area (TPSA) is 56.1 Å². The minimum Gasteiger partial charge on any atom is -0.352 e. The van der Waals surface area contributed by atoms with Gasteiger partial charge in [0.1, 0.15) is 0 Å². The molecule has 0 aromatic rings. The minimum atomic E-state index is -0.225. The molecule has 0 saturated heterocycles. The fraction of sp³-hybridized carbons (Fsp3) is 0.818. The van der Waals surface area contributed by atoms with Crippen LogP contribution in [0.5, 0.6) is 0 Å². The summed E-state index contributed by atoms with van der Waals surface area (Å²) in [5, 5.41) is 11.6. The molecule has 0 aliphatic carbocycles. The molecule has 86 valence electrons. The highest BCUT2D eigenvalue weighted by Crippen LogP contribution is 1.97. The van der Waals surface area contributed by atoms with E-state index >= 15 is 0 Å². The average Bonchev–Trinajstić information content (AvgIpc) is 2.24. The first-order valence-corrected chi connectivity index (χ1v) is 5.44. The van der Waals surface area contributed by atoms with E-state index < -0.39 is 0 Å². The predicted octanol–water partition coefficient (Wildman–Crippen LogP) is 1.14. The zero-order valence-corrected chi connectivity index (χ0v) is 10.1. The van der Waals surface area contributed by atoms with Gasteiger partial charge in [-0.3, -0.25) is 9.69 Å². The summed E-state index contributed by atoms with van der Waals surface area (Å²) in [4.78, 5) is 13.3. The molecule has 0 aliphatic rings. The van der Waals surface area contributed by atoms with Gasteiger partial charge in [-0.1, -0.05) is 13.8 Å². The van der Waals surface area contributed by atoms with Crippen molar-refractivity contribution in [2.75, 3.05) is 13.6 Å². The lowest BCUT2D eigenvalue weighted by Gasteiger charge is -2.20. The highest BCUT2D eigenvalue weighted by atomic mass is 16.2. The summed E-state index contributed by atoms with van der Waals surface area (Å²) in [5.74, 6) is -0.00620. The van der Waals surface area contributed by atoms with E-state index in [-0.39, 0.29) is 24.5 Å². The van der Waals surface area contributed by atoms with Gasteiger partial charge in [-0.25, -0.2) is 0 Å².